The first kappa shape index (κ1) is 9.83. The Morgan fingerprint density at radius 1 is 1.17 bits per heavy atom. The molecule has 0 unspecified atom stereocenters. The third-order valence-corrected chi connectivity index (χ3v) is 3.73. The fourth-order valence-electron chi connectivity index (χ4n) is 2.94. The van der Waals surface area contributed by atoms with Crippen LogP contribution >= 0.6 is 0 Å². The molecule has 0 amide bonds. The Bertz CT molecular complexity index is 742. The van der Waals surface area contributed by atoms with Crippen LogP contribution in [0.3, 0.4) is 0 Å². The van der Waals surface area contributed by atoms with Crippen LogP contribution in [0.15, 0.2) is 35.0 Å². The molecule has 1 aromatic rings. The molecule has 2 aliphatic carbocycles. The molecule has 88 valence electrons. The van der Waals surface area contributed by atoms with E-state index in [0.29, 0.717) is 6.42 Å². The molecule has 4 rings (SSSR count). The Morgan fingerprint density at radius 3 is 3.06 bits per heavy atom. The summed E-state index contributed by atoms with van der Waals surface area (Å²) in [5.41, 5.74) is 3.06. The standard InChI is InChI=1S/C15H11NO2/c17-12-3-1-2-9-4-5-10-8-13-11(6-7-16-18-13)14(10)15(9)12/h4-8H,1-3H2. The molecular formula is C15H11NO2. The second kappa shape index (κ2) is 3.42. The number of aromatic nitrogens is 1. The molecule has 3 aliphatic rings. The zero-order valence-corrected chi connectivity index (χ0v) is 9.77. The first-order chi connectivity index (χ1) is 8.84. The lowest BCUT2D eigenvalue weighted by atomic mass is 9.87. The number of carbonyl (C=O) groups is 1. The zero-order chi connectivity index (χ0) is 12.1. The third-order valence-electron chi connectivity index (χ3n) is 3.73. The normalized spacial score (nSPS) is 15.2. The Balaban J connectivity index is 2.19. The number of hydrogen-bond acceptors (Lipinski definition) is 3. The molecule has 0 saturated carbocycles. The van der Waals surface area contributed by atoms with Crippen molar-refractivity contribution in [1.82, 2.24) is 5.16 Å². The van der Waals surface area contributed by atoms with Gasteiger partial charge in [0.25, 0.3) is 0 Å². The molecule has 0 radical (unpaired) electrons. The average Bonchev–Trinajstić information content (AvgIpc) is 2.77. The molecule has 3 heteroatoms. The van der Waals surface area contributed by atoms with E-state index in [-0.39, 0.29) is 5.78 Å². The summed E-state index contributed by atoms with van der Waals surface area (Å²) < 4.78 is 5.26. The van der Waals surface area contributed by atoms with Gasteiger partial charge in [-0.3, -0.25) is 4.79 Å². The van der Waals surface area contributed by atoms with Gasteiger partial charge in [-0.2, -0.15) is 0 Å². The predicted octanol–water partition coefficient (Wildman–Crippen LogP) is 3.45. The molecule has 0 fully saturated rings. The smallest absolute Gasteiger partial charge is 0.166 e. The average molecular weight is 237 g/mol. The molecule has 3 nitrogen and oxygen atoms in total. The second-order valence-electron chi connectivity index (χ2n) is 4.78. The van der Waals surface area contributed by atoms with Gasteiger partial charge in [0.1, 0.15) is 0 Å². The molecule has 0 spiro atoms. The van der Waals surface area contributed by atoms with Crippen molar-refractivity contribution >= 4 is 16.6 Å². The van der Waals surface area contributed by atoms with Gasteiger partial charge in [0.15, 0.2) is 11.5 Å². The molecule has 1 aromatic carbocycles. The summed E-state index contributed by atoms with van der Waals surface area (Å²) >= 11 is 0. The van der Waals surface area contributed by atoms with Crippen molar-refractivity contribution in [3.8, 4) is 11.3 Å². The second-order valence-corrected chi connectivity index (χ2v) is 4.78. The highest BCUT2D eigenvalue weighted by Crippen LogP contribution is 2.39. The lowest BCUT2D eigenvalue weighted by Gasteiger charge is -2.16. The van der Waals surface area contributed by atoms with E-state index < -0.39 is 0 Å². The molecule has 0 bridgehead atoms. The van der Waals surface area contributed by atoms with Gasteiger partial charge in [0, 0.05) is 22.9 Å². The molecule has 1 heterocycles. The first-order valence-electron chi connectivity index (χ1n) is 6.17. The maximum Gasteiger partial charge on any atom is 0.166 e. The molecule has 0 aromatic heterocycles. The van der Waals surface area contributed by atoms with E-state index in [4.69, 9.17) is 4.52 Å². The summed E-state index contributed by atoms with van der Waals surface area (Å²) in [6.07, 6.45) is 4.24. The largest absolute Gasteiger partial charge is 0.356 e. The third kappa shape index (κ3) is 1.19. The van der Waals surface area contributed by atoms with Crippen LogP contribution in [-0.2, 0) is 6.42 Å². The molecule has 0 atom stereocenters. The minimum Gasteiger partial charge on any atom is -0.356 e. The number of hydrogen-bond donors (Lipinski definition) is 0. The zero-order valence-electron chi connectivity index (χ0n) is 9.77. The van der Waals surface area contributed by atoms with Crippen LogP contribution in [0.1, 0.15) is 28.8 Å². The molecule has 0 saturated heterocycles. The van der Waals surface area contributed by atoms with Crippen LogP contribution in [0.25, 0.3) is 22.1 Å². The summed E-state index contributed by atoms with van der Waals surface area (Å²) in [5, 5.41) is 5.88. The van der Waals surface area contributed by atoms with Gasteiger partial charge in [0.05, 0.1) is 6.20 Å². The van der Waals surface area contributed by atoms with Crippen LogP contribution in [0, 0.1) is 0 Å². The number of nitrogens with zero attached hydrogens (tertiary/aromatic N) is 1. The molecular weight excluding hydrogens is 226 g/mol. The van der Waals surface area contributed by atoms with E-state index in [2.05, 4.69) is 17.3 Å². The van der Waals surface area contributed by atoms with Crippen molar-refractivity contribution in [3.05, 3.63) is 41.6 Å². The number of rotatable bonds is 0. The van der Waals surface area contributed by atoms with Crippen molar-refractivity contribution in [1.29, 1.82) is 0 Å². The monoisotopic (exact) mass is 237 g/mol. The number of benzene rings is 1. The number of ketones is 1. The Hall–Kier alpha value is -2.16. The minimum absolute atomic E-state index is 0.256. The number of carbonyl (C=O) groups excluding carboxylic acids is 1. The Morgan fingerprint density at radius 2 is 2.11 bits per heavy atom. The fourth-order valence-corrected chi connectivity index (χ4v) is 2.94. The van der Waals surface area contributed by atoms with Crippen LogP contribution in [0.4, 0.5) is 0 Å². The van der Waals surface area contributed by atoms with Gasteiger partial charge in [0.2, 0.25) is 0 Å². The van der Waals surface area contributed by atoms with E-state index in [1.54, 1.807) is 6.20 Å². The maximum absolute atomic E-state index is 12.2. The van der Waals surface area contributed by atoms with E-state index in [9.17, 15) is 4.79 Å². The van der Waals surface area contributed by atoms with Gasteiger partial charge in [-0.05, 0) is 35.9 Å². The summed E-state index contributed by atoms with van der Waals surface area (Å²) in [6, 6.07) is 8.02. The van der Waals surface area contributed by atoms with E-state index in [1.165, 1.54) is 5.56 Å². The van der Waals surface area contributed by atoms with E-state index in [0.717, 1.165) is 40.5 Å². The van der Waals surface area contributed by atoms with Crippen LogP contribution in [0.5, 0.6) is 0 Å². The number of fused-ring (bicyclic) bond motifs is 5. The highest BCUT2D eigenvalue weighted by molar-refractivity contribution is 6.16. The highest BCUT2D eigenvalue weighted by atomic mass is 16.5. The van der Waals surface area contributed by atoms with E-state index >= 15 is 0 Å². The van der Waals surface area contributed by atoms with Gasteiger partial charge < -0.3 is 4.52 Å². The maximum atomic E-state index is 12.2. The quantitative estimate of drug-likeness (QED) is 0.601. The van der Waals surface area contributed by atoms with Crippen LogP contribution in [0.2, 0.25) is 0 Å². The van der Waals surface area contributed by atoms with Crippen molar-refractivity contribution in [3.63, 3.8) is 0 Å². The molecule has 1 aliphatic heterocycles. The van der Waals surface area contributed by atoms with Crippen molar-refractivity contribution < 1.29 is 9.32 Å². The van der Waals surface area contributed by atoms with Crippen molar-refractivity contribution in [2.45, 2.75) is 19.3 Å². The summed E-state index contributed by atoms with van der Waals surface area (Å²) in [6.45, 7) is 0. The Kier molecular flexibility index (Phi) is 1.87. The van der Waals surface area contributed by atoms with Crippen molar-refractivity contribution in [2.24, 2.45) is 0 Å². The molecule has 18 heavy (non-hydrogen) atoms. The number of Topliss-reactive ketones (excluding diaryl/α,β-unsaturated/α-hetero) is 1. The van der Waals surface area contributed by atoms with Crippen LogP contribution < -0.4 is 0 Å². The van der Waals surface area contributed by atoms with Gasteiger partial charge in [-0.1, -0.05) is 17.3 Å². The lowest BCUT2D eigenvalue weighted by Crippen LogP contribution is -2.10. The van der Waals surface area contributed by atoms with Crippen molar-refractivity contribution in [2.75, 3.05) is 0 Å². The SMILES string of the molecule is O=C1CCCc2ccc3cc4onccc-4c3c21. The lowest BCUT2D eigenvalue weighted by molar-refractivity contribution is 0.0974. The minimum atomic E-state index is 0.256. The van der Waals surface area contributed by atoms with Crippen LogP contribution in [-0.4, -0.2) is 10.9 Å². The summed E-state index contributed by atoms with van der Waals surface area (Å²) in [7, 11) is 0. The summed E-state index contributed by atoms with van der Waals surface area (Å²) in [4.78, 5) is 12.2. The molecule has 0 N–H and O–H groups in total. The summed E-state index contributed by atoms with van der Waals surface area (Å²) in [5.74, 6) is 1.01. The van der Waals surface area contributed by atoms with Gasteiger partial charge in [-0.15, -0.1) is 0 Å². The predicted molar refractivity (Wildman–Crippen MR) is 67.9 cm³/mol. The fraction of sp³-hybridized carbons (Fsp3) is 0.200. The van der Waals surface area contributed by atoms with Gasteiger partial charge in [-0.25, -0.2) is 0 Å². The number of aryl methyl sites for hydroxylation is 1. The van der Waals surface area contributed by atoms with Gasteiger partial charge >= 0.3 is 0 Å². The Labute approximate surface area is 104 Å². The van der Waals surface area contributed by atoms with E-state index in [1.807, 2.05) is 12.1 Å². The topological polar surface area (TPSA) is 43.1 Å². The highest BCUT2D eigenvalue weighted by Gasteiger charge is 2.24. The first-order valence-corrected chi connectivity index (χ1v) is 6.17.